The SMILES string of the molecule is CN(Cc1cc(F)cc(C(=N)N)c1)Cc1ccccn1. The molecule has 1 aromatic carbocycles. The Morgan fingerprint density at radius 3 is 2.75 bits per heavy atom. The molecule has 0 unspecified atom stereocenters. The number of hydrogen-bond donors (Lipinski definition) is 2. The van der Waals surface area contributed by atoms with Crippen LogP contribution in [-0.2, 0) is 13.1 Å². The minimum atomic E-state index is -0.376. The van der Waals surface area contributed by atoms with Crippen molar-refractivity contribution < 1.29 is 4.39 Å². The summed E-state index contributed by atoms with van der Waals surface area (Å²) in [7, 11) is 1.94. The molecule has 4 nitrogen and oxygen atoms in total. The largest absolute Gasteiger partial charge is 0.384 e. The number of nitrogens with two attached hydrogens (primary N) is 1. The molecule has 104 valence electrons. The summed E-state index contributed by atoms with van der Waals surface area (Å²) < 4.78 is 13.5. The molecule has 1 aromatic heterocycles. The summed E-state index contributed by atoms with van der Waals surface area (Å²) in [6.07, 6.45) is 1.75. The van der Waals surface area contributed by atoms with Crippen LogP contribution in [0, 0.1) is 11.2 Å². The number of pyridine rings is 1. The maximum atomic E-state index is 13.5. The van der Waals surface area contributed by atoms with Gasteiger partial charge in [-0.1, -0.05) is 6.07 Å². The topological polar surface area (TPSA) is 66.0 Å². The zero-order valence-corrected chi connectivity index (χ0v) is 11.3. The van der Waals surface area contributed by atoms with Crippen molar-refractivity contribution in [3.8, 4) is 0 Å². The molecule has 2 aromatic rings. The summed E-state index contributed by atoms with van der Waals surface area (Å²) in [5.74, 6) is -0.503. The predicted molar refractivity (Wildman–Crippen MR) is 76.8 cm³/mol. The fraction of sp³-hybridized carbons (Fsp3) is 0.200. The highest BCUT2D eigenvalue weighted by atomic mass is 19.1. The van der Waals surface area contributed by atoms with Crippen molar-refractivity contribution in [1.82, 2.24) is 9.88 Å². The molecule has 2 rings (SSSR count). The summed E-state index contributed by atoms with van der Waals surface area (Å²) >= 11 is 0. The summed E-state index contributed by atoms with van der Waals surface area (Å²) in [4.78, 5) is 6.28. The second-order valence-electron chi connectivity index (χ2n) is 4.76. The van der Waals surface area contributed by atoms with Gasteiger partial charge in [0.25, 0.3) is 0 Å². The van der Waals surface area contributed by atoms with Crippen LogP contribution in [0.2, 0.25) is 0 Å². The van der Waals surface area contributed by atoms with E-state index in [2.05, 4.69) is 4.98 Å². The molecule has 0 fully saturated rings. The molecule has 0 saturated heterocycles. The lowest BCUT2D eigenvalue weighted by Gasteiger charge is -2.16. The third-order valence-electron chi connectivity index (χ3n) is 2.88. The van der Waals surface area contributed by atoms with Crippen molar-refractivity contribution in [2.45, 2.75) is 13.1 Å². The van der Waals surface area contributed by atoms with E-state index in [0.717, 1.165) is 11.3 Å². The maximum absolute atomic E-state index is 13.5. The number of halogens is 1. The monoisotopic (exact) mass is 272 g/mol. The molecule has 0 radical (unpaired) electrons. The molecule has 1 heterocycles. The predicted octanol–water partition coefficient (Wildman–Crippen LogP) is 2.14. The lowest BCUT2D eigenvalue weighted by molar-refractivity contribution is 0.314. The first-order chi connectivity index (χ1) is 9.54. The van der Waals surface area contributed by atoms with E-state index >= 15 is 0 Å². The van der Waals surface area contributed by atoms with Crippen LogP contribution in [0.15, 0.2) is 42.6 Å². The molecular formula is C15H17FN4. The molecule has 0 bridgehead atoms. The molecule has 3 N–H and O–H groups in total. The van der Waals surface area contributed by atoms with Crippen molar-refractivity contribution in [3.05, 3.63) is 65.2 Å². The lowest BCUT2D eigenvalue weighted by Crippen LogP contribution is -2.19. The van der Waals surface area contributed by atoms with Gasteiger partial charge in [0.05, 0.1) is 5.69 Å². The Hall–Kier alpha value is -2.27. The fourth-order valence-corrected chi connectivity index (χ4v) is 2.03. The van der Waals surface area contributed by atoms with Crippen LogP contribution < -0.4 is 5.73 Å². The molecule has 0 aliphatic heterocycles. The molecule has 20 heavy (non-hydrogen) atoms. The Morgan fingerprint density at radius 1 is 1.30 bits per heavy atom. The highest BCUT2D eigenvalue weighted by Crippen LogP contribution is 2.12. The summed E-state index contributed by atoms with van der Waals surface area (Å²) in [5.41, 5.74) is 7.55. The van der Waals surface area contributed by atoms with Gasteiger partial charge in [-0.25, -0.2) is 4.39 Å². The number of benzene rings is 1. The van der Waals surface area contributed by atoms with E-state index in [0.29, 0.717) is 18.7 Å². The Kier molecular flexibility index (Phi) is 4.42. The van der Waals surface area contributed by atoms with E-state index in [1.807, 2.05) is 30.1 Å². The molecule has 0 amide bonds. The van der Waals surface area contributed by atoms with Crippen LogP contribution >= 0.6 is 0 Å². The first-order valence-electron chi connectivity index (χ1n) is 6.27. The number of rotatable bonds is 5. The first-order valence-corrected chi connectivity index (χ1v) is 6.27. The third kappa shape index (κ3) is 3.86. The van der Waals surface area contributed by atoms with Crippen LogP contribution in [0.1, 0.15) is 16.8 Å². The minimum Gasteiger partial charge on any atom is -0.384 e. The van der Waals surface area contributed by atoms with Gasteiger partial charge in [-0.05, 0) is 42.9 Å². The second kappa shape index (κ2) is 6.25. The number of nitrogen functional groups attached to an aromatic ring is 1. The number of nitrogens with zero attached hydrogens (tertiary/aromatic N) is 2. The van der Waals surface area contributed by atoms with Gasteiger partial charge < -0.3 is 5.73 Å². The van der Waals surface area contributed by atoms with Gasteiger partial charge in [-0.15, -0.1) is 0 Å². The quantitative estimate of drug-likeness (QED) is 0.647. The van der Waals surface area contributed by atoms with Crippen LogP contribution in [0.5, 0.6) is 0 Å². The third-order valence-corrected chi connectivity index (χ3v) is 2.88. The average molecular weight is 272 g/mol. The summed E-state index contributed by atoms with van der Waals surface area (Å²) in [6.45, 7) is 1.24. The molecule has 0 spiro atoms. The zero-order valence-electron chi connectivity index (χ0n) is 11.3. The Bertz CT molecular complexity index is 598. The van der Waals surface area contributed by atoms with Gasteiger partial charge in [-0.2, -0.15) is 0 Å². The van der Waals surface area contributed by atoms with Gasteiger partial charge in [0.15, 0.2) is 0 Å². The molecule has 0 aliphatic carbocycles. The Balaban J connectivity index is 2.07. The van der Waals surface area contributed by atoms with Gasteiger partial charge in [-0.3, -0.25) is 15.3 Å². The highest BCUT2D eigenvalue weighted by molar-refractivity contribution is 5.95. The van der Waals surface area contributed by atoms with Gasteiger partial charge in [0, 0.05) is 24.8 Å². The first kappa shape index (κ1) is 14.1. The number of nitrogens with one attached hydrogen (secondary N) is 1. The van der Waals surface area contributed by atoms with Gasteiger partial charge in [0.2, 0.25) is 0 Å². The van der Waals surface area contributed by atoms with Crippen molar-refractivity contribution in [2.24, 2.45) is 5.73 Å². The molecule has 0 aliphatic rings. The lowest BCUT2D eigenvalue weighted by atomic mass is 10.1. The van der Waals surface area contributed by atoms with E-state index in [4.69, 9.17) is 11.1 Å². The Morgan fingerprint density at radius 2 is 2.10 bits per heavy atom. The van der Waals surface area contributed by atoms with E-state index in [-0.39, 0.29) is 11.7 Å². The van der Waals surface area contributed by atoms with E-state index in [1.54, 1.807) is 12.3 Å². The zero-order chi connectivity index (χ0) is 14.5. The van der Waals surface area contributed by atoms with Crippen LogP contribution in [0.3, 0.4) is 0 Å². The van der Waals surface area contributed by atoms with E-state index < -0.39 is 0 Å². The maximum Gasteiger partial charge on any atom is 0.124 e. The normalized spacial score (nSPS) is 10.8. The van der Waals surface area contributed by atoms with Crippen molar-refractivity contribution in [3.63, 3.8) is 0 Å². The molecule has 0 saturated carbocycles. The standard InChI is InChI=1S/C15H17FN4/c1-20(10-14-4-2-3-5-19-14)9-11-6-12(15(17)18)8-13(16)7-11/h2-8H,9-10H2,1H3,(H3,17,18). The van der Waals surface area contributed by atoms with Crippen LogP contribution in [0.4, 0.5) is 4.39 Å². The average Bonchev–Trinajstić information content (AvgIpc) is 2.38. The van der Waals surface area contributed by atoms with Gasteiger partial charge >= 0.3 is 0 Å². The van der Waals surface area contributed by atoms with Crippen molar-refractivity contribution >= 4 is 5.84 Å². The smallest absolute Gasteiger partial charge is 0.124 e. The Labute approximate surface area is 117 Å². The number of amidine groups is 1. The number of aromatic nitrogens is 1. The highest BCUT2D eigenvalue weighted by Gasteiger charge is 2.07. The summed E-state index contributed by atoms with van der Waals surface area (Å²) in [5, 5.41) is 7.38. The molecule has 5 heteroatoms. The molecular weight excluding hydrogens is 255 g/mol. The molecule has 0 atom stereocenters. The van der Waals surface area contributed by atoms with Crippen molar-refractivity contribution in [2.75, 3.05) is 7.05 Å². The number of hydrogen-bond acceptors (Lipinski definition) is 3. The minimum absolute atomic E-state index is 0.127. The van der Waals surface area contributed by atoms with Crippen LogP contribution in [-0.4, -0.2) is 22.8 Å². The second-order valence-corrected chi connectivity index (χ2v) is 4.76. The van der Waals surface area contributed by atoms with E-state index in [9.17, 15) is 4.39 Å². The fourth-order valence-electron chi connectivity index (χ4n) is 2.03. The van der Waals surface area contributed by atoms with Gasteiger partial charge in [0.1, 0.15) is 11.7 Å². The van der Waals surface area contributed by atoms with Crippen LogP contribution in [0.25, 0.3) is 0 Å². The van der Waals surface area contributed by atoms with Crippen molar-refractivity contribution in [1.29, 1.82) is 5.41 Å². The summed E-state index contributed by atoms with van der Waals surface area (Å²) in [6, 6.07) is 10.2. The van der Waals surface area contributed by atoms with E-state index in [1.165, 1.54) is 12.1 Å².